The summed E-state index contributed by atoms with van der Waals surface area (Å²) in [6.07, 6.45) is 8.55. The summed E-state index contributed by atoms with van der Waals surface area (Å²) >= 11 is 0. The molecule has 0 radical (unpaired) electrons. The number of rotatable bonds is 4. The topological polar surface area (TPSA) is 81.6 Å². The molecule has 0 aliphatic heterocycles. The number of Topliss-reactive ketones (excluding diaryl/α,β-unsaturated/α-hetero) is 1. The SMILES string of the molecule is CC(=O)c1cc2cc(NCC3=CC(=N)C=CC(C)(C)C3)cnc2[nH]1. The van der Waals surface area contributed by atoms with E-state index in [-0.39, 0.29) is 11.2 Å². The minimum atomic E-state index is -0.000589. The summed E-state index contributed by atoms with van der Waals surface area (Å²) in [4.78, 5) is 18.8. The Morgan fingerprint density at radius 1 is 1.42 bits per heavy atom. The fourth-order valence-electron chi connectivity index (χ4n) is 2.91. The third-order valence-corrected chi connectivity index (χ3v) is 4.13. The van der Waals surface area contributed by atoms with Gasteiger partial charge in [-0.1, -0.05) is 19.9 Å². The van der Waals surface area contributed by atoms with E-state index >= 15 is 0 Å². The molecule has 0 saturated heterocycles. The third kappa shape index (κ3) is 3.62. The molecule has 0 bridgehead atoms. The lowest BCUT2D eigenvalue weighted by Gasteiger charge is -2.21. The summed E-state index contributed by atoms with van der Waals surface area (Å²) in [5.41, 5.74) is 3.96. The summed E-state index contributed by atoms with van der Waals surface area (Å²) in [5, 5.41) is 12.2. The zero-order valence-corrected chi connectivity index (χ0v) is 14.2. The van der Waals surface area contributed by atoms with Gasteiger partial charge in [0, 0.05) is 18.9 Å². The molecule has 1 aliphatic carbocycles. The molecule has 0 unspecified atom stereocenters. The average Bonchev–Trinajstić information content (AvgIpc) is 2.88. The van der Waals surface area contributed by atoms with Crippen molar-refractivity contribution in [1.29, 1.82) is 5.41 Å². The Morgan fingerprint density at radius 3 is 2.96 bits per heavy atom. The van der Waals surface area contributed by atoms with E-state index in [4.69, 9.17) is 5.41 Å². The number of H-pyrrole nitrogens is 1. The Hall–Kier alpha value is -2.69. The van der Waals surface area contributed by atoms with Gasteiger partial charge in [0.25, 0.3) is 0 Å². The number of carbonyl (C=O) groups excluding carboxylic acids is 1. The van der Waals surface area contributed by atoms with Gasteiger partial charge >= 0.3 is 0 Å². The highest BCUT2D eigenvalue weighted by molar-refractivity contribution is 6.02. The van der Waals surface area contributed by atoms with E-state index in [1.54, 1.807) is 6.20 Å². The van der Waals surface area contributed by atoms with Crippen LogP contribution in [0.1, 0.15) is 37.7 Å². The Bertz CT molecular complexity index is 871. The Balaban J connectivity index is 1.75. The second-order valence-corrected chi connectivity index (χ2v) is 7.01. The second-order valence-electron chi connectivity index (χ2n) is 7.01. The highest BCUT2D eigenvalue weighted by Gasteiger charge is 2.19. The predicted octanol–water partition coefficient (Wildman–Crippen LogP) is 4.11. The van der Waals surface area contributed by atoms with Crippen molar-refractivity contribution in [2.75, 3.05) is 11.9 Å². The maximum Gasteiger partial charge on any atom is 0.176 e. The molecule has 5 heteroatoms. The smallest absolute Gasteiger partial charge is 0.176 e. The summed E-state index contributed by atoms with van der Waals surface area (Å²) < 4.78 is 0. The standard InChI is InChI=1S/C19H22N4O/c1-12(24)17-8-14-7-16(11-22-18(14)23-17)21-10-13-6-15(20)4-5-19(2,3)9-13/h4-8,11,20-21H,9-10H2,1-3H3,(H,22,23). The number of allylic oxidation sites excluding steroid dienone is 3. The number of ketones is 1. The van der Waals surface area contributed by atoms with E-state index in [0.717, 1.165) is 17.5 Å². The van der Waals surface area contributed by atoms with Gasteiger partial charge in [-0.3, -0.25) is 4.79 Å². The lowest BCUT2D eigenvalue weighted by atomic mass is 9.86. The molecule has 0 fully saturated rings. The number of nitrogens with zero attached hydrogens (tertiary/aromatic N) is 1. The number of nitrogens with one attached hydrogen (secondary N) is 3. The van der Waals surface area contributed by atoms with Crippen LogP contribution in [0.2, 0.25) is 0 Å². The molecule has 3 N–H and O–H groups in total. The van der Waals surface area contributed by atoms with E-state index < -0.39 is 0 Å². The van der Waals surface area contributed by atoms with Gasteiger partial charge in [-0.2, -0.15) is 0 Å². The van der Waals surface area contributed by atoms with Crippen LogP contribution in [0.3, 0.4) is 0 Å². The lowest BCUT2D eigenvalue weighted by molar-refractivity contribution is 0.101. The van der Waals surface area contributed by atoms with Crippen LogP contribution in [0.4, 0.5) is 5.69 Å². The number of aromatic amines is 1. The third-order valence-electron chi connectivity index (χ3n) is 4.13. The van der Waals surface area contributed by atoms with Gasteiger partial charge in [-0.05, 0) is 41.7 Å². The van der Waals surface area contributed by atoms with Crippen LogP contribution in [0.5, 0.6) is 0 Å². The Morgan fingerprint density at radius 2 is 2.21 bits per heavy atom. The number of hydrogen-bond acceptors (Lipinski definition) is 4. The first-order valence-electron chi connectivity index (χ1n) is 8.03. The minimum absolute atomic E-state index is 0.000589. The van der Waals surface area contributed by atoms with Crippen LogP contribution < -0.4 is 5.32 Å². The average molecular weight is 322 g/mol. The first kappa shape index (κ1) is 16.2. The van der Waals surface area contributed by atoms with E-state index in [1.807, 2.05) is 24.3 Å². The normalized spacial score (nSPS) is 16.8. The molecule has 5 nitrogen and oxygen atoms in total. The fourth-order valence-corrected chi connectivity index (χ4v) is 2.91. The highest BCUT2D eigenvalue weighted by Crippen LogP contribution is 2.29. The van der Waals surface area contributed by atoms with Crippen molar-refractivity contribution in [3.8, 4) is 0 Å². The number of anilines is 1. The van der Waals surface area contributed by atoms with Gasteiger partial charge in [0.15, 0.2) is 5.78 Å². The van der Waals surface area contributed by atoms with Crippen LogP contribution in [-0.4, -0.2) is 28.0 Å². The molecular formula is C19H22N4O. The van der Waals surface area contributed by atoms with Crippen LogP contribution in [0.25, 0.3) is 11.0 Å². The van der Waals surface area contributed by atoms with Crippen molar-refractivity contribution >= 4 is 28.2 Å². The van der Waals surface area contributed by atoms with Crippen LogP contribution in [0, 0.1) is 10.8 Å². The Kier molecular flexibility index (Phi) is 4.09. The van der Waals surface area contributed by atoms with Gasteiger partial charge in [-0.25, -0.2) is 4.98 Å². The van der Waals surface area contributed by atoms with E-state index in [2.05, 4.69) is 35.2 Å². The quantitative estimate of drug-likeness (QED) is 0.741. The van der Waals surface area contributed by atoms with Crippen LogP contribution in [-0.2, 0) is 0 Å². The molecule has 0 aromatic carbocycles. The molecule has 2 heterocycles. The first-order chi connectivity index (χ1) is 11.3. The van der Waals surface area contributed by atoms with Crippen LogP contribution >= 0.6 is 0 Å². The van der Waals surface area contributed by atoms with Gasteiger partial charge in [-0.15, -0.1) is 0 Å². The van der Waals surface area contributed by atoms with Crippen molar-refractivity contribution in [2.24, 2.45) is 5.41 Å². The summed E-state index contributed by atoms with van der Waals surface area (Å²) in [5.74, 6) is -0.000589. The number of pyridine rings is 1. The predicted molar refractivity (Wildman–Crippen MR) is 97.9 cm³/mol. The molecule has 3 rings (SSSR count). The molecular weight excluding hydrogens is 300 g/mol. The Labute approximate surface area is 141 Å². The van der Waals surface area contributed by atoms with Gasteiger partial charge in [0.2, 0.25) is 0 Å². The summed E-state index contributed by atoms with van der Waals surface area (Å²) in [7, 11) is 0. The molecule has 0 saturated carbocycles. The van der Waals surface area contributed by atoms with E-state index in [9.17, 15) is 4.79 Å². The second kappa shape index (κ2) is 6.07. The maximum atomic E-state index is 11.4. The summed E-state index contributed by atoms with van der Waals surface area (Å²) in [6.45, 7) is 6.55. The molecule has 1 aliphatic rings. The molecule has 0 amide bonds. The molecule has 0 atom stereocenters. The zero-order chi connectivity index (χ0) is 17.3. The molecule has 0 spiro atoms. The fraction of sp³-hybridized carbons (Fsp3) is 0.316. The molecule has 2 aromatic rings. The largest absolute Gasteiger partial charge is 0.380 e. The van der Waals surface area contributed by atoms with Crippen molar-refractivity contribution in [2.45, 2.75) is 27.2 Å². The van der Waals surface area contributed by atoms with E-state index in [0.29, 0.717) is 23.6 Å². The lowest BCUT2D eigenvalue weighted by Crippen LogP contribution is -2.13. The van der Waals surface area contributed by atoms with Gasteiger partial charge in [0.1, 0.15) is 5.65 Å². The zero-order valence-electron chi connectivity index (χ0n) is 14.2. The van der Waals surface area contributed by atoms with E-state index in [1.165, 1.54) is 12.5 Å². The summed E-state index contributed by atoms with van der Waals surface area (Å²) in [6, 6.07) is 3.81. The van der Waals surface area contributed by atoms with Gasteiger partial charge in [0.05, 0.1) is 23.3 Å². The molecule has 124 valence electrons. The number of fused-ring (bicyclic) bond motifs is 1. The number of carbonyl (C=O) groups is 1. The minimum Gasteiger partial charge on any atom is -0.380 e. The highest BCUT2D eigenvalue weighted by atomic mass is 16.1. The van der Waals surface area contributed by atoms with Gasteiger partial charge < -0.3 is 15.7 Å². The van der Waals surface area contributed by atoms with Crippen molar-refractivity contribution in [3.63, 3.8) is 0 Å². The van der Waals surface area contributed by atoms with Crippen molar-refractivity contribution in [3.05, 3.63) is 47.8 Å². The van der Waals surface area contributed by atoms with Crippen LogP contribution in [0.15, 0.2) is 42.1 Å². The first-order valence-corrected chi connectivity index (χ1v) is 8.03. The van der Waals surface area contributed by atoms with Crippen molar-refractivity contribution < 1.29 is 4.79 Å². The molecule has 24 heavy (non-hydrogen) atoms. The maximum absolute atomic E-state index is 11.4. The van der Waals surface area contributed by atoms with Crippen molar-refractivity contribution in [1.82, 2.24) is 9.97 Å². The number of aromatic nitrogens is 2. The number of hydrogen-bond donors (Lipinski definition) is 3. The molecule has 2 aromatic heterocycles. The monoisotopic (exact) mass is 322 g/mol.